The van der Waals surface area contributed by atoms with E-state index in [1.165, 1.54) is 6.42 Å². The first-order chi connectivity index (χ1) is 11.9. The molecule has 2 atom stereocenters. The summed E-state index contributed by atoms with van der Waals surface area (Å²) in [6, 6.07) is 5.76. The Labute approximate surface area is 154 Å². The van der Waals surface area contributed by atoms with Crippen molar-refractivity contribution < 1.29 is 9.90 Å². The third-order valence-corrected chi connectivity index (χ3v) is 5.51. The molecule has 6 heteroatoms. The molecule has 0 aliphatic heterocycles. The number of aliphatic hydroxyl groups is 1. The highest BCUT2D eigenvalue weighted by Crippen LogP contribution is 2.47. The molecule has 0 spiro atoms. The third kappa shape index (κ3) is 3.08. The molecule has 2 aliphatic rings. The number of fused-ring (bicyclic) bond motifs is 1. The van der Waals surface area contributed by atoms with E-state index in [-0.39, 0.29) is 25.2 Å². The lowest BCUT2D eigenvalue weighted by molar-refractivity contribution is -0.118. The Morgan fingerprint density at radius 3 is 2.69 bits per heavy atom. The first-order valence-electron chi connectivity index (χ1n) is 8.81. The Morgan fingerprint density at radius 1 is 1.42 bits per heavy atom. The highest BCUT2D eigenvalue weighted by atomic mass is 16.3. The summed E-state index contributed by atoms with van der Waals surface area (Å²) in [6.45, 7) is 10.7. The van der Waals surface area contributed by atoms with Gasteiger partial charge in [0.15, 0.2) is 5.69 Å². The van der Waals surface area contributed by atoms with Gasteiger partial charge < -0.3 is 9.67 Å². The standard InChI is InChI=1S/C19H22N4O2.CH4/c1-19(2,25)14-10-13(14)17(24)22-18-21-15-8-7-11(20-3)9-16(15)23(18)12-5-4-6-12;/h7-9,12-14,25H,4-6,10H2,1-2H3,(H,21,22,24);1H4/t13-,14-;/m0./s1. The molecule has 6 nitrogen and oxygen atoms in total. The maximum atomic E-state index is 12.6. The number of imidazole rings is 1. The van der Waals surface area contributed by atoms with Crippen molar-refractivity contribution in [3.63, 3.8) is 0 Å². The van der Waals surface area contributed by atoms with Gasteiger partial charge in [-0.2, -0.15) is 0 Å². The van der Waals surface area contributed by atoms with E-state index in [1.807, 2.05) is 12.1 Å². The van der Waals surface area contributed by atoms with Crippen molar-refractivity contribution in [3.05, 3.63) is 29.6 Å². The van der Waals surface area contributed by atoms with Crippen LogP contribution in [-0.2, 0) is 4.79 Å². The minimum absolute atomic E-state index is 0. The van der Waals surface area contributed by atoms with E-state index in [0.717, 1.165) is 23.9 Å². The van der Waals surface area contributed by atoms with Crippen molar-refractivity contribution >= 4 is 28.6 Å². The molecule has 26 heavy (non-hydrogen) atoms. The van der Waals surface area contributed by atoms with Gasteiger partial charge in [0.1, 0.15) is 0 Å². The lowest BCUT2D eigenvalue weighted by atomic mass is 9.92. The number of hydrogen-bond acceptors (Lipinski definition) is 3. The lowest BCUT2D eigenvalue weighted by Gasteiger charge is -2.29. The molecule has 0 bridgehead atoms. The van der Waals surface area contributed by atoms with Gasteiger partial charge in [0.05, 0.1) is 23.2 Å². The fourth-order valence-electron chi connectivity index (χ4n) is 3.72. The molecule has 0 radical (unpaired) electrons. The van der Waals surface area contributed by atoms with Crippen LogP contribution in [0.5, 0.6) is 0 Å². The van der Waals surface area contributed by atoms with Crippen molar-refractivity contribution in [2.75, 3.05) is 5.32 Å². The number of amides is 1. The van der Waals surface area contributed by atoms with Crippen LogP contribution < -0.4 is 5.32 Å². The molecule has 2 fully saturated rings. The third-order valence-electron chi connectivity index (χ3n) is 5.51. The molecular weight excluding hydrogens is 328 g/mol. The maximum Gasteiger partial charge on any atom is 0.230 e. The van der Waals surface area contributed by atoms with Crippen LogP contribution in [0, 0.1) is 18.4 Å². The average molecular weight is 354 g/mol. The molecule has 138 valence electrons. The Hall–Kier alpha value is -2.39. The number of rotatable bonds is 4. The van der Waals surface area contributed by atoms with E-state index in [2.05, 4.69) is 19.7 Å². The molecule has 0 saturated heterocycles. The van der Waals surface area contributed by atoms with Crippen molar-refractivity contribution in [1.82, 2.24) is 9.55 Å². The van der Waals surface area contributed by atoms with Gasteiger partial charge in [-0.3, -0.25) is 10.1 Å². The average Bonchev–Trinajstić information content (AvgIpc) is 3.26. The predicted octanol–water partition coefficient (Wildman–Crippen LogP) is 4.29. The number of nitrogens with one attached hydrogen (secondary N) is 1. The minimum atomic E-state index is -0.833. The highest BCUT2D eigenvalue weighted by molar-refractivity contribution is 5.95. The largest absolute Gasteiger partial charge is 0.390 e. The highest BCUT2D eigenvalue weighted by Gasteiger charge is 2.51. The number of anilines is 1. The Bertz CT molecular complexity index is 884. The van der Waals surface area contributed by atoms with Crippen LogP contribution in [0.2, 0.25) is 0 Å². The van der Waals surface area contributed by atoms with E-state index in [4.69, 9.17) is 6.57 Å². The Kier molecular flexibility index (Phi) is 4.53. The zero-order valence-electron chi connectivity index (χ0n) is 14.5. The summed E-state index contributed by atoms with van der Waals surface area (Å²) < 4.78 is 2.08. The zero-order chi connectivity index (χ0) is 17.8. The van der Waals surface area contributed by atoms with Crippen LogP contribution in [0.15, 0.2) is 18.2 Å². The van der Waals surface area contributed by atoms with Crippen LogP contribution in [0.3, 0.4) is 0 Å². The minimum Gasteiger partial charge on any atom is -0.390 e. The molecular formula is C20H26N4O2. The first kappa shape index (κ1) is 18.4. The van der Waals surface area contributed by atoms with Crippen molar-refractivity contribution in [2.24, 2.45) is 11.8 Å². The van der Waals surface area contributed by atoms with Crippen LogP contribution in [0.1, 0.15) is 53.0 Å². The van der Waals surface area contributed by atoms with E-state index < -0.39 is 5.60 Å². The maximum absolute atomic E-state index is 12.6. The number of hydrogen-bond donors (Lipinski definition) is 2. The summed E-state index contributed by atoms with van der Waals surface area (Å²) >= 11 is 0. The number of carbonyl (C=O) groups is 1. The van der Waals surface area contributed by atoms with Crippen molar-refractivity contribution in [1.29, 1.82) is 0 Å². The predicted molar refractivity (Wildman–Crippen MR) is 102 cm³/mol. The molecule has 1 amide bonds. The van der Waals surface area contributed by atoms with Gasteiger partial charge in [-0.15, -0.1) is 0 Å². The van der Waals surface area contributed by atoms with Crippen LogP contribution >= 0.6 is 0 Å². The van der Waals surface area contributed by atoms with Crippen LogP contribution in [0.4, 0.5) is 11.6 Å². The van der Waals surface area contributed by atoms with Gasteiger partial charge in [-0.25, -0.2) is 9.83 Å². The van der Waals surface area contributed by atoms with Gasteiger partial charge in [0, 0.05) is 12.0 Å². The molecule has 0 unspecified atom stereocenters. The monoisotopic (exact) mass is 354 g/mol. The molecule has 1 aromatic carbocycles. The van der Waals surface area contributed by atoms with Crippen LogP contribution in [-0.4, -0.2) is 26.2 Å². The first-order valence-corrected chi connectivity index (χ1v) is 8.81. The van der Waals surface area contributed by atoms with E-state index in [9.17, 15) is 9.90 Å². The fourth-order valence-corrected chi connectivity index (χ4v) is 3.72. The summed E-state index contributed by atoms with van der Waals surface area (Å²) in [4.78, 5) is 20.7. The SMILES string of the molecule is C.[C-]#[N+]c1ccc2nc(NC(=O)[C@H]3C[C@@H]3C(C)(C)O)n(C3CCC3)c2c1. The van der Waals surface area contributed by atoms with Gasteiger partial charge in [0.2, 0.25) is 11.9 Å². The van der Waals surface area contributed by atoms with E-state index in [0.29, 0.717) is 24.1 Å². The summed E-state index contributed by atoms with van der Waals surface area (Å²) in [5.41, 5.74) is 1.45. The van der Waals surface area contributed by atoms with Crippen molar-refractivity contribution in [3.8, 4) is 0 Å². The van der Waals surface area contributed by atoms with Crippen LogP contribution in [0.25, 0.3) is 15.9 Å². The van der Waals surface area contributed by atoms with E-state index >= 15 is 0 Å². The molecule has 1 aromatic heterocycles. The van der Waals surface area contributed by atoms with E-state index in [1.54, 1.807) is 19.9 Å². The second-order valence-electron chi connectivity index (χ2n) is 7.77. The number of benzene rings is 1. The molecule has 2 aliphatic carbocycles. The summed E-state index contributed by atoms with van der Waals surface area (Å²) in [6.07, 6.45) is 4.00. The number of nitrogens with zero attached hydrogens (tertiary/aromatic N) is 3. The molecule has 4 rings (SSSR count). The summed E-state index contributed by atoms with van der Waals surface area (Å²) in [7, 11) is 0. The Balaban J connectivity index is 0.00000196. The topological polar surface area (TPSA) is 71.5 Å². The molecule has 2 N–H and O–H groups in total. The molecule has 2 aromatic rings. The lowest BCUT2D eigenvalue weighted by Crippen LogP contribution is -2.27. The fraction of sp³-hybridized carbons (Fsp3) is 0.550. The molecule has 2 saturated carbocycles. The summed E-state index contributed by atoms with van der Waals surface area (Å²) in [5, 5.41) is 13.1. The summed E-state index contributed by atoms with van der Waals surface area (Å²) in [5.74, 6) is 0.331. The molecule has 1 heterocycles. The number of aromatic nitrogens is 2. The normalized spacial score (nSPS) is 22.2. The Morgan fingerprint density at radius 2 is 2.15 bits per heavy atom. The van der Waals surface area contributed by atoms with Crippen molar-refractivity contribution in [2.45, 2.75) is 58.6 Å². The van der Waals surface area contributed by atoms with Gasteiger partial charge in [0.25, 0.3) is 0 Å². The zero-order valence-corrected chi connectivity index (χ0v) is 14.5. The quantitative estimate of drug-likeness (QED) is 0.805. The second kappa shape index (κ2) is 6.40. The van der Waals surface area contributed by atoms with Gasteiger partial charge in [-0.05, 0) is 57.6 Å². The van der Waals surface area contributed by atoms with Gasteiger partial charge >= 0.3 is 0 Å². The van der Waals surface area contributed by atoms with Gasteiger partial charge in [-0.1, -0.05) is 13.5 Å². The second-order valence-corrected chi connectivity index (χ2v) is 7.77. The smallest absolute Gasteiger partial charge is 0.230 e. The number of carbonyl (C=O) groups excluding carboxylic acids is 1.